The highest BCUT2D eigenvalue weighted by atomic mass is 16.6. The summed E-state index contributed by atoms with van der Waals surface area (Å²) in [6.07, 6.45) is 3.75. The second-order valence-corrected chi connectivity index (χ2v) is 5.93. The number of rotatable bonds is 3. The average Bonchev–Trinajstić information content (AvgIpc) is 3.09. The lowest BCUT2D eigenvalue weighted by molar-refractivity contribution is 0.171. The third-order valence-electron chi connectivity index (χ3n) is 4.25. The number of fused-ring (bicyclic) bond motifs is 1. The summed E-state index contributed by atoms with van der Waals surface area (Å²) in [6, 6.07) is 5.98. The minimum absolute atomic E-state index is 0.152. The molecule has 0 bridgehead atoms. The van der Waals surface area contributed by atoms with Gasteiger partial charge >= 0.3 is 0 Å². The second kappa shape index (κ2) is 6.62. The van der Waals surface area contributed by atoms with E-state index in [4.69, 9.17) is 14.0 Å². The highest BCUT2D eigenvalue weighted by molar-refractivity contribution is 5.68. The number of nitrogens with one attached hydrogen (secondary N) is 1. The van der Waals surface area contributed by atoms with Crippen molar-refractivity contribution in [3.63, 3.8) is 0 Å². The first-order chi connectivity index (χ1) is 11.8. The molecule has 0 saturated carbocycles. The Morgan fingerprint density at radius 3 is 2.96 bits per heavy atom. The van der Waals surface area contributed by atoms with Crippen molar-refractivity contribution in [2.45, 2.75) is 6.04 Å². The van der Waals surface area contributed by atoms with Crippen LogP contribution in [0.4, 0.5) is 0 Å². The fraction of sp³-hybridized carbons (Fsp3) is 0.412. The zero-order valence-electron chi connectivity index (χ0n) is 13.6. The zero-order chi connectivity index (χ0) is 16.4. The summed E-state index contributed by atoms with van der Waals surface area (Å²) in [7, 11) is 2.08. The molecule has 1 aromatic heterocycles. The molecule has 1 unspecified atom stereocenters. The summed E-state index contributed by atoms with van der Waals surface area (Å²) in [4.78, 5) is 6.72. The van der Waals surface area contributed by atoms with E-state index in [0.717, 1.165) is 36.7 Å². The van der Waals surface area contributed by atoms with Crippen molar-refractivity contribution in [3.8, 4) is 11.5 Å². The Balaban J connectivity index is 1.48. The van der Waals surface area contributed by atoms with E-state index in [9.17, 15) is 0 Å². The maximum atomic E-state index is 5.59. The highest BCUT2D eigenvalue weighted by Crippen LogP contribution is 2.31. The molecule has 2 aliphatic heterocycles. The van der Waals surface area contributed by atoms with Crippen molar-refractivity contribution < 1.29 is 14.0 Å². The average molecular weight is 328 g/mol. The number of hydrogen-bond donors (Lipinski definition) is 1. The number of aromatic nitrogens is 2. The SMILES string of the molecule is CN1CCNCC1c1noc(/C=C/c2ccc3c(c2)OCCO3)n1. The van der Waals surface area contributed by atoms with Gasteiger partial charge < -0.3 is 19.3 Å². The van der Waals surface area contributed by atoms with Gasteiger partial charge in [-0.25, -0.2) is 0 Å². The number of hydrogen-bond acceptors (Lipinski definition) is 7. The molecular formula is C17H20N4O3. The van der Waals surface area contributed by atoms with Gasteiger partial charge in [-0.3, -0.25) is 4.90 Å². The monoisotopic (exact) mass is 328 g/mol. The Kier molecular flexibility index (Phi) is 4.18. The summed E-state index contributed by atoms with van der Waals surface area (Å²) in [5, 5.41) is 7.46. The molecule has 0 radical (unpaired) electrons. The molecule has 3 heterocycles. The smallest absolute Gasteiger partial charge is 0.250 e. The van der Waals surface area contributed by atoms with Gasteiger partial charge in [0.1, 0.15) is 13.2 Å². The first-order valence-corrected chi connectivity index (χ1v) is 8.12. The van der Waals surface area contributed by atoms with Crippen LogP contribution in [0, 0.1) is 0 Å². The normalized spacial score (nSPS) is 21.3. The zero-order valence-corrected chi connectivity index (χ0v) is 13.6. The van der Waals surface area contributed by atoms with Crippen molar-refractivity contribution in [1.82, 2.24) is 20.4 Å². The van der Waals surface area contributed by atoms with Gasteiger partial charge in [-0.05, 0) is 30.8 Å². The van der Waals surface area contributed by atoms with Crippen LogP contribution in [-0.2, 0) is 0 Å². The predicted molar refractivity (Wildman–Crippen MR) is 88.9 cm³/mol. The van der Waals surface area contributed by atoms with Crippen LogP contribution in [0.25, 0.3) is 12.2 Å². The summed E-state index contributed by atoms with van der Waals surface area (Å²) < 4.78 is 16.5. The van der Waals surface area contributed by atoms with Crippen LogP contribution in [0.3, 0.4) is 0 Å². The lowest BCUT2D eigenvalue weighted by atomic mass is 10.2. The Morgan fingerprint density at radius 1 is 1.21 bits per heavy atom. The van der Waals surface area contributed by atoms with E-state index in [2.05, 4.69) is 27.4 Å². The van der Waals surface area contributed by atoms with Crippen molar-refractivity contribution in [1.29, 1.82) is 0 Å². The molecule has 1 N–H and O–H groups in total. The molecule has 24 heavy (non-hydrogen) atoms. The molecule has 1 fully saturated rings. The van der Waals surface area contributed by atoms with Gasteiger partial charge in [-0.1, -0.05) is 11.2 Å². The van der Waals surface area contributed by atoms with E-state index in [1.54, 1.807) is 0 Å². The van der Waals surface area contributed by atoms with Crippen LogP contribution < -0.4 is 14.8 Å². The van der Waals surface area contributed by atoms with E-state index in [1.165, 1.54) is 0 Å². The molecule has 1 atom stereocenters. The van der Waals surface area contributed by atoms with Crippen molar-refractivity contribution >= 4 is 12.2 Å². The molecule has 2 aliphatic rings. The van der Waals surface area contributed by atoms with Gasteiger partial charge in [-0.15, -0.1) is 0 Å². The van der Waals surface area contributed by atoms with Crippen LogP contribution in [0.1, 0.15) is 23.3 Å². The van der Waals surface area contributed by atoms with Gasteiger partial charge in [0.05, 0.1) is 6.04 Å². The Hall–Kier alpha value is -2.38. The number of piperazine rings is 1. The molecular weight excluding hydrogens is 308 g/mol. The number of benzene rings is 1. The van der Waals surface area contributed by atoms with Gasteiger partial charge in [0.15, 0.2) is 17.3 Å². The van der Waals surface area contributed by atoms with Crippen molar-refractivity contribution in [2.75, 3.05) is 39.9 Å². The molecule has 1 saturated heterocycles. The first-order valence-electron chi connectivity index (χ1n) is 8.12. The van der Waals surface area contributed by atoms with E-state index in [-0.39, 0.29) is 6.04 Å². The minimum Gasteiger partial charge on any atom is -0.486 e. The van der Waals surface area contributed by atoms with Gasteiger partial charge in [-0.2, -0.15) is 4.98 Å². The standard InChI is InChI=1S/C17H20N4O3/c1-21-7-6-18-11-13(21)17-19-16(24-20-17)5-3-12-2-4-14-15(10-12)23-9-8-22-14/h2-5,10,13,18H,6-9,11H2,1H3/b5-3+. The van der Waals surface area contributed by atoms with Crippen molar-refractivity contribution in [3.05, 3.63) is 35.5 Å². The molecule has 0 amide bonds. The molecule has 2 aromatic rings. The van der Waals surface area contributed by atoms with E-state index in [0.29, 0.717) is 24.9 Å². The Morgan fingerprint density at radius 2 is 2.08 bits per heavy atom. The topological polar surface area (TPSA) is 72.7 Å². The molecule has 0 aliphatic carbocycles. The third kappa shape index (κ3) is 3.13. The van der Waals surface area contributed by atoms with Crippen LogP contribution in [0.15, 0.2) is 22.7 Å². The quantitative estimate of drug-likeness (QED) is 0.917. The Bertz CT molecular complexity index is 743. The first kappa shape index (κ1) is 15.2. The van der Waals surface area contributed by atoms with Crippen LogP contribution in [-0.4, -0.2) is 54.9 Å². The summed E-state index contributed by atoms with van der Waals surface area (Å²) in [5.74, 6) is 2.77. The molecule has 7 nitrogen and oxygen atoms in total. The molecule has 0 spiro atoms. The lowest BCUT2D eigenvalue weighted by Gasteiger charge is -2.30. The van der Waals surface area contributed by atoms with E-state index >= 15 is 0 Å². The number of nitrogens with zero attached hydrogens (tertiary/aromatic N) is 3. The summed E-state index contributed by atoms with van der Waals surface area (Å²) in [6.45, 7) is 3.97. The molecule has 1 aromatic carbocycles. The van der Waals surface area contributed by atoms with Gasteiger partial charge in [0, 0.05) is 25.7 Å². The molecule has 4 rings (SSSR count). The molecule has 7 heteroatoms. The summed E-state index contributed by atoms with van der Waals surface area (Å²) >= 11 is 0. The largest absolute Gasteiger partial charge is 0.486 e. The van der Waals surface area contributed by atoms with Gasteiger partial charge in [0.2, 0.25) is 0 Å². The maximum Gasteiger partial charge on any atom is 0.250 e. The predicted octanol–water partition coefficient (Wildman–Crippen LogP) is 1.59. The van der Waals surface area contributed by atoms with Crippen molar-refractivity contribution in [2.24, 2.45) is 0 Å². The molecule has 126 valence electrons. The maximum absolute atomic E-state index is 5.59. The Labute approximate surface area is 140 Å². The second-order valence-electron chi connectivity index (χ2n) is 5.93. The lowest BCUT2D eigenvalue weighted by Crippen LogP contribution is -2.44. The van der Waals surface area contributed by atoms with Gasteiger partial charge in [0.25, 0.3) is 5.89 Å². The van der Waals surface area contributed by atoms with Crippen LogP contribution in [0.5, 0.6) is 11.5 Å². The van der Waals surface area contributed by atoms with Crippen LogP contribution >= 0.6 is 0 Å². The fourth-order valence-electron chi connectivity index (χ4n) is 2.88. The summed E-state index contributed by atoms with van der Waals surface area (Å²) in [5.41, 5.74) is 0.996. The number of ether oxygens (including phenoxy) is 2. The van der Waals surface area contributed by atoms with E-state index < -0.39 is 0 Å². The minimum atomic E-state index is 0.152. The van der Waals surface area contributed by atoms with E-state index in [1.807, 2.05) is 30.4 Å². The third-order valence-corrected chi connectivity index (χ3v) is 4.25. The highest BCUT2D eigenvalue weighted by Gasteiger charge is 2.24. The fourth-order valence-corrected chi connectivity index (χ4v) is 2.88. The number of likely N-dealkylation sites (N-methyl/N-ethyl adjacent to an activating group) is 1. The van der Waals surface area contributed by atoms with Crippen LogP contribution in [0.2, 0.25) is 0 Å².